The molecule has 2 N–H and O–H groups in total. The largest absolute Gasteiger partial charge is 0.490 e. The monoisotopic (exact) mass is 579 g/mol. The Morgan fingerprint density at radius 3 is 2.36 bits per heavy atom. The lowest BCUT2D eigenvalue weighted by molar-refractivity contribution is -0.150. The van der Waals surface area contributed by atoms with Crippen molar-refractivity contribution in [2.75, 3.05) is 13.2 Å². The Hall–Kier alpha value is -4.34. The van der Waals surface area contributed by atoms with Gasteiger partial charge in [-0.3, -0.25) is 9.59 Å². The molecule has 0 unspecified atom stereocenters. The Balaban J connectivity index is 1.70. The van der Waals surface area contributed by atoms with Crippen LogP contribution in [-0.4, -0.2) is 65.7 Å². The summed E-state index contributed by atoms with van der Waals surface area (Å²) in [6, 6.07) is 13.8. The van der Waals surface area contributed by atoms with Crippen LogP contribution in [0.5, 0.6) is 5.75 Å². The van der Waals surface area contributed by atoms with Crippen LogP contribution in [-0.2, 0) is 36.9 Å². The molecule has 2 aromatic carbocycles. The lowest BCUT2D eigenvalue weighted by Crippen LogP contribution is -2.55. The molecule has 1 aliphatic rings. The molecular formula is C32H41N3O7. The first kappa shape index (κ1) is 32.2. The Bertz CT molecular complexity index is 1220. The first-order valence-corrected chi connectivity index (χ1v) is 14.1. The molecular weight excluding hydrogens is 538 g/mol. The van der Waals surface area contributed by atoms with Gasteiger partial charge in [0.15, 0.2) is 0 Å². The number of hydrogen-bond donors (Lipinski definition) is 2. The number of nitrogens with one attached hydrogen (secondary N) is 2. The zero-order chi connectivity index (χ0) is 30.7. The smallest absolute Gasteiger partial charge is 0.408 e. The fourth-order valence-electron chi connectivity index (χ4n) is 4.50. The third-order valence-corrected chi connectivity index (χ3v) is 6.50. The minimum atomic E-state index is -0.990. The number of carbonyl (C=O) groups is 4. The van der Waals surface area contributed by atoms with E-state index in [0.29, 0.717) is 31.7 Å². The van der Waals surface area contributed by atoms with E-state index in [1.807, 2.05) is 42.5 Å². The number of ether oxygens (including phenoxy) is 3. The van der Waals surface area contributed by atoms with Gasteiger partial charge in [-0.2, -0.15) is 0 Å². The minimum Gasteiger partial charge on any atom is -0.490 e. The van der Waals surface area contributed by atoms with Gasteiger partial charge in [0.25, 0.3) is 0 Å². The molecule has 1 aliphatic heterocycles. The van der Waals surface area contributed by atoms with Gasteiger partial charge in [0.1, 0.15) is 42.7 Å². The van der Waals surface area contributed by atoms with E-state index < -0.39 is 47.6 Å². The molecule has 3 amide bonds. The van der Waals surface area contributed by atoms with Crippen LogP contribution in [0, 0.1) is 0 Å². The summed E-state index contributed by atoms with van der Waals surface area (Å²) in [5.41, 5.74) is 0.891. The van der Waals surface area contributed by atoms with E-state index in [1.54, 1.807) is 45.9 Å². The summed E-state index contributed by atoms with van der Waals surface area (Å²) in [5.74, 6) is -0.801. The maximum atomic E-state index is 13.5. The van der Waals surface area contributed by atoms with Gasteiger partial charge in [-0.15, -0.1) is 0 Å². The van der Waals surface area contributed by atoms with E-state index >= 15 is 0 Å². The molecule has 1 heterocycles. The van der Waals surface area contributed by atoms with Gasteiger partial charge in [-0.05, 0) is 63.8 Å². The predicted molar refractivity (Wildman–Crippen MR) is 158 cm³/mol. The number of esters is 1. The maximum Gasteiger partial charge on any atom is 0.408 e. The van der Waals surface area contributed by atoms with E-state index in [-0.39, 0.29) is 13.0 Å². The summed E-state index contributed by atoms with van der Waals surface area (Å²) in [6.45, 7) is 11.1. The standard InChI is InChI=1S/C32H41N3O7/c1-6-19-40-25-16-14-23(15-17-25)20-26(30(38)41-21-24-11-8-7-9-12-24)34-28(36)27-13-10-18-35(27)29(37)22(2)33-31(39)42-32(3,4)5/h6-9,11-12,14-17,22,26-27H,1,10,13,18-21H2,2-5H3,(H,33,39)(H,34,36)/t22-,26-,27-/m0/s1. The number of benzene rings is 2. The van der Waals surface area contributed by atoms with Gasteiger partial charge in [-0.25, -0.2) is 9.59 Å². The molecule has 0 radical (unpaired) electrons. The Morgan fingerprint density at radius 2 is 1.71 bits per heavy atom. The van der Waals surface area contributed by atoms with Gasteiger partial charge in [-0.1, -0.05) is 55.1 Å². The minimum absolute atomic E-state index is 0.0578. The SMILES string of the molecule is C=CCOc1ccc(C[C@H](NC(=O)[C@@H]2CCCN2C(=O)[C@H](C)NC(=O)OC(C)(C)C)C(=O)OCc2ccccc2)cc1. The van der Waals surface area contributed by atoms with Crippen molar-refractivity contribution in [1.29, 1.82) is 0 Å². The highest BCUT2D eigenvalue weighted by molar-refractivity contribution is 5.93. The third-order valence-electron chi connectivity index (χ3n) is 6.50. The Morgan fingerprint density at radius 1 is 1.02 bits per heavy atom. The molecule has 0 bridgehead atoms. The summed E-state index contributed by atoms with van der Waals surface area (Å²) >= 11 is 0. The second kappa shape index (κ2) is 15.0. The van der Waals surface area contributed by atoms with Crippen LogP contribution < -0.4 is 15.4 Å². The summed E-state index contributed by atoms with van der Waals surface area (Å²) in [5, 5.41) is 5.36. The van der Waals surface area contributed by atoms with Crippen molar-refractivity contribution in [1.82, 2.24) is 15.5 Å². The number of rotatable bonds is 12. The van der Waals surface area contributed by atoms with Gasteiger partial charge < -0.3 is 29.7 Å². The summed E-state index contributed by atoms with van der Waals surface area (Å²) in [4.78, 5) is 53.5. The highest BCUT2D eigenvalue weighted by atomic mass is 16.6. The summed E-state index contributed by atoms with van der Waals surface area (Å²) < 4.78 is 16.3. The highest BCUT2D eigenvalue weighted by Crippen LogP contribution is 2.20. The van der Waals surface area contributed by atoms with Crippen molar-refractivity contribution >= 4 is 23.9 Å². The van der Waals surface area contributed by atoms with Gasteiger partial charge in [0.2, 0.25) is 11.8 Å². The van der Waals surface area contributed by atoms with E-state index in [4.69, 9.17) is 14.2 Å². The van der Waals surface area contributed by atoms with Crippen molar-refractivity contribution in [2.45, 2.75) is 77.3 Å². The molecule has 226 valence electrons. The lowest BCUT2D eigenvalue weighted by atomic mass is 10.0. The molecule has 2 aromatic rings. The van der Waals surface area contributed by atoms with E-state index in [2.05, 4.69) is 17.2 Å². The quantitative estimate of drug-likeness (QED) is 0.289. The molecule has 10 heteroatoms. The molecule has 10 nitrogen and oxygen atoms in total. The van der Waals surface area contributed by atoms with Crippen LogP contribution in [0.25, 0.3) is 0 Å². The fourth-order valence-corrected chi connectivity index (χ4v) is 4.50. The molecule has 0 spiro atoms. The number of amides is 3. The Labute approximate surface area is 247 Å². The van der Waals surface area contributed by atoms with Crippen LogP contribution in [0.2, 0.25) is 0 Å². The van der Waals surface area contributed by atoms with Gasteiger partial charge in [0, 0.05) is 13.0 Å². The molecule has 1 fully saturated rings. The van der Waals surface area contributed by atoms with Crippen molar-refractivity contribution in [3.8, 4) is 5.75 Å². The topological polar surface area (TPSA) is 123 Å². The number of nitrogens with zero attached hydrogens (tertiary/aromatic N) is 1. The van der Waals surface area contributed by atoms with Gasteiger partial charge >= 0.3 is 12.1 Å². The number of likely N-dealkylation sites (tertiary alicyclic amines) is 1. The zero-order valence-electron chi connectivity index (χ0n) is 24.8. The molecule has 42 heavy (non-hydrogen) atoms. The molecule has 3 atom stereocenters. The van der Waals surface area contributed by atoms with E-state index in [9.17, 15) is 19.2 Å². The predicted octanol–water partition coefficient (Wildman–Crippen LogP) is 3.93. The van der Waals surface area contributed by atoms with Gasteiger partial charge in [0.05, 0.1) is 0 Å². The second-order valence-corrected chi connectivity index (χ2v) is 11.2. The average Bonchev–Trinajstić information content (AvgIpc) is 3.44. The maximum absolute atomic E-state index is 13.5. The average molecular weight is 580 g/mol. The molecule has 1 saturated heterocycles. The van der Waals surface area contributed by atoms with Crippen molar-refractivity contribution in [2.24, 2.45) is 0 Å². The van der Waals surface area contributed by atoms with E-state index in [0.717, 1.165) is 11.1 Å². The summed E-state index contributed by atoms with van der Waals surface area (Å²) in [7, 11) is 0. The van der Waals surface area contributed by atoms with Crippen molar-refractivity contribution < 1.29 is 33.4 Å². The normalized spacial score (nSPS) is 16.1. The van der Waals surface area contributed by atoms with Crippen LogP contribution in [0.15, 0.2) is 67.3 Å². The van der Waals surface area contributed by atoms with Crippen LogP contribution in [0.3, 0.4) is 0 Å². The molecule has 0 aromatic heterocycles. The first-order chi connectivity index (χ1) is 20.0. The molecule has 3 rings (SSSR count). The Kier molecular flexibility index (Phi) is 11.5. The molecule has 0 aliphatic carbocycles. The van der Waals surface area contributed by atoms with E-state index in [1.165, 1.54) is 4.90 Å². The summed E-state index contributed by atoms with van der Waals surface area (Å²) in [6.07, 6.45) is 2.15. The second-order valence-electron chi connectivity index (χ2n) is 11.2. The number of carbonyl (C=O) groups excluding carboxylic acids is 4. The van der Waals surface area contributed by atoms with Crippen molar-refractivity contribution in [3.05, 3.63) is 78.4 Å². The first-order valence-electron chi connectivity index (χ1n) is 14.1. The third kappa shape index (κ3) is 9.94. The fraction of sp³-hybridized carbons (Fsp3) is 0.438. The lowest BCUT2D eigenvalue weighted by Gasteiger charge is -2.29. The number of hydrogen-bond acceptors (Lipinski definition) is 7. The molecule has 0 saturated carbocycles. The number of alkyl carbamates (subject to hydrolysis) is 1. The van der Waals surface area contributed by atoms with Crippen LogP contribution in [0.1, 0.15) is 51.7 Å². The van der Waals surface area contributed by atoms with Crippen LogP contribution >= 0.6 is 0 Å². The van der Waals surface area contributed by atoms with Crippen LogP contribution in [0.4, 0.5) is 4.79 Å². The van der Waals surface area contributed by atoms with Crippen molar-refractivity contribution in [3.63, 3.8) is 0 Å². The zero-order valence-corrected chi connectivity index (χ0v) is 24.8. The highest BCUT2D eigenvalue weighted by Gasteiger charge is 2.38.